The van der Waals surface area contributed by atoms with Crippen LogP contribution in [0.2, 0.25) is 0 Å². The minimum Gasteiger partial charge on any atom is -0.296 e. The molecule has 2 heterocycles. The van der Waals surface area contributed by atoms with Gasteiger partial charge in [0.25, 0.3) is 0 Å². The molecule has 2 bridgehead atoms. The second-order valence-electron chi connectivity index (χ2n) is 2.94. The molecular formula is C7H13NO. The van der Waals surface area contributed by atoms with Gasteiger partial charge in [0.05, 0.1) is 6.10 Å². The molecule has 2 aliphatic heterocycles. The average Bonchev–Trinajstić information content (AvgIpc) is 2.09. The summed E-state index contributed by atoms with van der Waals surface area (Å²) in [4.78, 5) is 5.56. The number of fused-ring (bicyclic) bond motifs is 2. The summed E-state index contributed by atoms with van der Waals surface area (Å²) in [5.74, 6) is 0. The highest BCUT2D eigenvalue weighted by atomic mass is 16.7. The van der Waals surface area contributed by atoms with Crippen LogP contribution in [0.3, 0.4) is 0 Å². The molecular weight excluding hydrogens is 114 g/mol. The zero-order valence-electron chi connectivity index (χ0n) is 5.68. The van der Waals surface area contributed by atoms with Crippen LogP contribution in [-0.4, -0.2) is 24.3 Å². The standard InChI is InChI=1S/C7H13NO/c1-2-5-8-6-4-7(3-1)9-8/h7H,1-6H2. The summed E-state index contributed by atoms with van der Waals surface area (Å²) in [6.45, 7) is 2.33. The summed E-state index contributed by atoms with van der Waals surface area (Å²) in [5.41, 5.74) is 0. The van der Waals surface area contributed by atoms with Crippen LogP contribution in [0, 0.1) is 0 Å². The van der Waals surface area contributed by atoms with Crippen molar-refractivity contribution in [3.05, 3.63) is 0 Å². The highest BCUT2D eigenvalue weighted by Gasteiger charge is 2.25. The lowest BCUT2D eigenvalue weighted by Crippen LogP contribution is -2.18. The van der Waals surface area contributed by atoms with E-state index in [1.54, 1.807) is 0 Å². The smallest absolute Gasteiger partial charge is 0.0806 e. The number of hydrogen-bond donors (Lipinski definition) is 0. The maximum absolute atomic E-state index is 5.56. The maximum Gasteiger partial charge on any atom is 0.0806 e. The summed E-state index contributed by atoms with van der Waals surface area (Å²) in [6.07, 6.45) is 5.82. The van der Waals surface area contributed by atoms with Gasteiger partial charge in [0.15, 0.2) is 0 Å². The normalized spacial score (nSPS) is 42.7. The largest absolute Gasteiger partial charge is 0.296 e. The Balaban J connectivity index is 1.99. The summed E-state index contributed by atoms with van der Waals surface area (Å²) in [7, 11) is 0. The predicted octanol–water partition coefficient (Wildman–Crippen LogP) is 1.18. The van der Waals surface area contributed by atoms with Crippen molar-refractivity contribution in [2.24, 2.45) is 0 Å². The second kappa shape index (κ2) is 2.27. The fraction of sp³-hybridized carbons (Fsp3) is 1.00. The average molecular weight is 127 g/mol. The molecule has 2 fully saturated rings. The van der Waals surface area contributed by atoms with Crippen LogP contribution in [0.1, 0.15) is 25.7 Å². The lowest BCUT2D eigenvalue weighted by atomic mass is 10.1. The van der Waals surface area contributed by atoms with Crippen molar-refractivity contribution in [1.29, 1.82) is 0 Å². The Morgan fingerprint density at radius 1 is 1.11 bits per heavy atom. The van der Waals surface area contributed by atoms with E-state index in [2.05, 4.69) is 5.06 Å². The van der Waals surface area contributed by atoms with E-state index in [1.807, 2.05) is 0 Å². The van der Waals surface area contributed by atoms with Gasteiger partial charge in [0.1, 0.15) is 0 Å². The van der Waals surface area contributed by atoms with Crippen LogP contribution in [0.25, 0.3) is 0 Å². The first-order chi connectivity index (χ1) is 4.45. The molecule has 0 amide bonds. The highest BCUT2D eigenvalue weighted by Crippen LogP contribution is 2.22. The van der Waals surface area contributed by atoms with Crippen LogP contribution in [0.4, 0.5) is 0 Å². The molecule has 2 nitrogen and oxygen atoms in total. The van der Waals surface area contributed by atoms with Gasteiger partial charge in [0, 0.05) is 13.1 Å². The van der Waals surface area contributed by atoms with Gasteiger partial charge in [-0.2, -0.15) is 5.06 Å². The van der Waals surface area contributed by atoms with Gasteiger partial charge >= 0.3 is 0 Å². The fourth-order valence-corrected chi connectivity index (χ4v) is 1.63. The third-order valence-corrected chi connectivity index (χ3v) is 2.18. The number of hydrogen-bond acceptors (Lipinski definition) is 2. The Morgan fingerprint density at radius 2 is 2.11 bits per heavy atom. The lowest BCUT2D eigenvalue weighted by Gasteiger charge is -2.10. The van der Waals surface area contributed by atoms with E-state index in [0.717, 1.165) is 6.54 Å². The zero-order valence-corrected chi connectivity index (χ0v) is 5.68. The summed E-state index contributed by atoms with van der Waals surface area (Å²) in [6, 6.07) is 0. The molecule has 2 unspecified atom stereocenters. The van der Waals surface area contributed by atoms with Gasteiger partial charge in [-0.1, -0.05) is 0 Å². The summed E-state index contributed by atoms with van der Waals surface area (Å²) < 4.78 is 0. The molecule has 0 aromatic rings. The van der Waals surface area contributed by atoms with E-state index in [-0.39, 0.29) is 0 Å². The summed E-state index contributed by atoms with van der Waals surface area (Å²) in [5, 5.41) is 2.12. The lowest BCUT2D eigenvalue weighted by molar-refractivity contribution is -0.137. The molecule has 2 saturated heterocycles. The van der Waals surface area contributed by atoms with E-state index in [0.29, 0.717) is 6.10 Å². The zero-order chi connectivity index (χ0) is 6.10. The van der Waals surface area contributed by atoms with Crippen molar-refractivity contribution in [2.45, 2.75) is 31.8 Å². The molecule has 2 rings (SSSR count). The maximum atomic E-state index is 5.56. The van der Waals surface area contributed by atoms with Gasteiger partial charge in [-0.25, -0.2) is 0 Å². The van der Waals surface area contributed by atoms with Crippen molar-refractivity contribution in [2.75, 3.05) is 13.1 Å². The molecule has 0 aromatic heterocycles. The topological polar surface area (TPSA) is 12.5 Å². The highest BCUT2D eigenvalue weighted by molar-refractivity contribution is 4.70. The van der Waals surface area contributed by atoms with E-state index in [1.165, 1.54) is 32.2 Å². The molecule has 0 saturated carbocycles. The second-order valence-corrected chi connectivity index (χ2v) is 2.94. The number of hydroxylamine groups is 2. The Hall–Kier alpha value is -0.0800. The minimum atomic E-state index is 0.576. The Morgan fingerprint density at radius 3 is 3.11 bits per heavy atom. The predicted molar refractivity (Wildman–Crippen MR) is 34.9 cm³/mol. The molecule has 0 aliphatic carbocycles. The Labute approximate surface area is 55.7 Å². The van der Waals surface area contributed by atoms with Crippen LogP contribution in [0.5, 0.6) is 0 Å². The molecule has 2 heteroatoms. The first-order valence-corrected chi connectivity index (χ1v) is 3.87. The molecule has 52 valence electrons. The quantitative estimate of drug-likeness (QED) is 0.484. The van der Waals surface area contributed by atoms with E-state index >= 15 is 0 Å². The van der Waals surface area contributed by atoms with Crippen molar-refractivity contribution in [3.63, 3.8) is 0 Å². The number of rotatable bonds is 0. The monoisotopic (exact) mass is 127 g/mol. The first-order valence-electron chi connectivity index (χ1n) is 3.87. The minimum absolute atomic E-state index is 0.576. The van der Waals surface area contributed by atoms with Crippen molar-refractivity contribution in [3.8, 4) is 0 Å². The van der Waals surface area contributed by atoms with Crippen LogP contribution in [0.15, 0.2) is 0 Å². The van der Waals surface area contributed by atoms with Gasteiger partial charge in [0.2, 0.25) is 0 Å². The van der Waals surface area contributed by atoms with Crippen molar-refractivity contribution >= 4 is 0 Å². The molecule has 2 atom stereocenters. The van der Waals surface area contributed by atoms with Crippen molar-refractivity contribution < 1.29 is 4.84 Å². The van der Waals surface area contributed by atoms with Crippen LogP contribution in [-0.2, 0) is 4.84 Å². The van der Waals surface area contributed by atoms with Gasteiger partial charge in [-0.15, -0.1) is 0 Å². The van der Waals surface area contributed by atoms with Gasteiger partial charge < -0.3 is 0 Å². The van der Waals surface area contributed by atoms with Gasteiger partial charge in [-0.05, 0) is 25.7 Å². The van der Waals surface area contributed by atoms with Crippen LogP contribution >= 0.6 is 0 Å². The SMILES string of the molecule is C1CCN2CCC(C1)O2. The Bertz CT molecular complexity index is 93.1. The molecule has 0 spiro atoms. The van der Waals surface area contributed by atoms with E-state index in [9.17, 15) is 0 Å². The molecule has 2 aliphatic rings. The van der Waals surface area contributed by atoms with Crippen molar-refractivity contribution in [1.82, 2.24) is 5.06 Å². The fourth-order valence-electron chi connectivity index (χ4n) is 1.63. The summed E-state index contributed by atoms with van der Waals surface area (Å²) >= 11 is 0. The number of nitrogens with zero attached hydrogens (tertiary/aromatic N) is 1. The third-order valence-electron chi connectivity index (χ3n) is 2.18. The van der Waals surface area contributed by atoms with Crippen LogP contribution < -0.4 is 0 Å². The first kappa shape index (κ1) is 5.69. The van der Waals surface area contributed by atoms with E-state index in [4.69, 9.17) is 4.84 Å². The molecule has 0 N–H and O–H groups in total. The van der Waals surface area contributed by atoms with Gasteiger partial charge in [-0.3, -0.25) is 4.84 Å². The molecule has 0 radical (unpaired) electrons. The van der Waals surface area contributed by atoms with E-state index < -0.39 is 0 Å². The Kier molecular flexibility index (Phi) is 1.44. The molecule has 0 aromatic carbocycles. The third kappa shape index (κ3) is 1.10. The molecule has 9 heavy (non-hydrogen) atoms.